The molecule has 1 fully saturated rings. The van der Waals surface area contributed by atoms with E-state index in [0.29, 0.717) is 5.69 Å². The van der Waals surface area contributed by atoms with Gasteiger partial charge in [-0.25, -0.2) is 4.39 Å². The van der Waals surface area contributed by atoms with Crippen molar-refractivity contribution in [2.24, 2.45) is 5.73 Å². The SMILES string of the molecule is NC(=O)c1cc([N+](=O)[O-])ccc1NC1CCCC1c1ccc(F)cc1. The molecule has 3 N–H and O–H groups in total. The smallest absolute Gasteiger partial charge is 0.270 e. The molecule has 0 heterocycles. The van der Waals surface area contributed by atoms with Crippen molar-refractivity contribution < 1.29 is 14.1 Å². The Morgan fingerprint density at radius 3 is 2.56 bits per heavy atom. The number of nitrogens with zero attached hydrogens (tertiary/aromatic N) is 1. The summed E-state index contributed by atoms with van der Waals surface area (Å²) in [6.07, 6.45) is 2.83. The maximum absolute atomic E-state index is 13.1. The van der Waals surface area contributed by atoms with Gasteiger partial charge in [-0.2, -0.15) is 0 Å². The molecule has 2 atom stereocenters. The van der Waals surface area contributed by atoms with E-state index in [9.17, 15) is 19.3 Å². The van der Waals surface area contributed by atoms with Gasteiger partial charge in [0, 0.05) is 29.8 Å². The number of carbonyl (C=O) groups excluding carboxylic acids is 1. The molecular weight excluding hydrogens is 325 g/mol. The van der Waals surface area contributed by atoms with E-state index in [1.807, 2.05) is 0 Å². The van der Waals surface area contributed by atoms with Gasteiger partial charge in [0.1, 0.15) is 5.82 Å². The van der Waals surface area contributed by atoms with Crippen LogP contribution in [0.3, 0.4) is 0 Å². The molecule has 0 bridgehead atoms. The Bertz CT molecular complexity index is 808. The Hall–Kier alpha value is -2.96. The average molecular weight is 343 g/mol. The van der Waals surface area contributed by atoms with Crippen LogP contribution in [-0.2, 0) is 0 Å². The molecule has 0 spiro atoms. The van der Waals surface area contributed by atoms with Crippen molar-refractivity contribution in [2.45, 2.75) is 31.2 Å². The van der Waals surface area contributed by atoms with Gasteiger partial charge in [-0.05, 0) is 36.6 Å². The van der Waals surface area contributed by atoms with Gasteiger partial charge in [-0.3, -0.25) is 14.9 Å². The molecule has 6 nitrogen and oxygen atoms in total. The summed E-state index contributed by atoms with van der Waals surface area (Å²) in [6.45, 7) is 0. The highest BCUT2D eigenvalue weighted by Gasteiger charge is 2.29. The van der Waals surface area contributed by atoms with Crippen LogP contribution in [0.4, 0.5) is 15.8 Å². The lowest BCUT2D eigenvalue weighted by Gasteiger charge is -2.23. The largest absolute Gasteiger partial charge is 0.381 e. The third-order valence-electron chi connectivity index (χ3n) is 4.63. The lowest BCUT2D eigenvalue weighted by atomic mass is 9.93. The molecular formula is C18H18FN3O3. The van der Waals surface area contributed by atoms with E-state index in [4.69, 9.17) is 5.73 Å². The molecule has 1 amide bonds. The maximum atomic E-state index is 13.1. The minimum Gasteiger partial charge on any atom is -0.381 e. The van der Waals surface area contributed by atoms with Crippen LogP contribution in [0.5, 0.6) is 0 Å². The van der Waals surface area contributed by atoms with Crippen molar-refractivity contribution in [3.63, 3.8) is 0 Å². The number of hydrogen-bond donors (Lipinski definition) is 2. The molecule has 3 rings (SSSR count). The number of carbonyl (C=O) groups is 1. The number of rotatable bonds is 5. The summed E-state index contributed by atoms with van der Waals surface area (Å²) in [7, 11) is 0. The van der Waals surface area contributed by atoms with Gasteiger partial charge in [0.05, 0.1) is 10.5 Å². The number of amides is 1. The van der Waals surface area contributed by atoms with E-state index in [-0.39, 0.29) is 29.0 Å². The molecule has 0 saturated heterocycles. The minimum atomic E-state index is -0.720. The van der Waals surface area contributed by atoms with Gasteiger partial charge < -0.3 is 11.1 Å². The first-order valence-corrected chi connectivity index (χ1v) is 8.06. The van der Waals surface area contributed by atoms with Crippen LogP contribution in [0.2, 0.25) is 0 Å². The summed E-state index contributed by atoms with van der Waals surface area (Å²) in [4.78, 5) is 22.0. The second-order valence-corrected chi connectivity index (χ2v) is 6.19. The fourth-order valence-corrected chi connectivity index (χ4v) is 3.42. The van der Waals surface area contributed by atoms with Gasteiger partial charge in [-0.15, -0.1) is 0 Å². The summed E-state index contributed by atoms with van der Waals surface area (Å²) < 4.78 is 13.1. The van der Waals surface area contributed by atoms with Gasteiger partial charge in [-0.1, -0.05) is 18.6 Å². The summed E-state index contributed by atoms with van der Waals surface area (Å²) in [5.41, 5.74) is 6.80. The zero-order chi connectivity index (χ0) is 18.0. The number of nitro groups is 1. The molecule has 1 aliphatic carbocycles. The normalized spacial score (nSPS) is 19.6. The number of primary amides is 1. The third kappa shape index (κ3) is 3.60. The van der Waals surface area contributed by atoms with Crippen molar-refractivity contribution >= 4 is 17.3 Å². The van der Waals surface area contributed by atoms with Crippen LogP contribution in [0.25, 0.3) is 0 Å². The molecule has 1 aliphatic rings. The molecule has 0 aromatic heterocycles. The molecule has 2 aromatic rings. The zero-order valence-corrected chi connectivity index (χ0v) is 13.4. The lowest BCUT2D eigenvalue weighted by molar-refractivity contribution is -0.384. The monoisotopic (exact) mass is 343 g/mol. The van der Waals surface area contributed by atoms with E-state index < -0.39 is 10.8 Å². The molecule has 130 valence electrons. The van der Waals surface area contributed by atoms with E-state index in [1.165, 1.54) is 30.3 Å². The second kappa shape index (κ2) is 6.88. The Morgan fingerprint density at radius 2 is 1.92 bits per heavy atom. The van der Waals surface area contributed by atoms with E-state index in [2.05, 4.69) is 5.32 Å². The average Bonchev–Trinajstić information content (AvgIpc) is 3.03. The topological polar surface area (TPSA) is 98.3 Å². The standard InChI is InChI=1S/C18H18FN3O3/c19-12-6-4-11(5-7-12)14-2-1-3-16(14)21-17-9-8-13(22(24)25)10-15(17)18(20)23/h4-10,14,16,21H,1-3H2,(H2,20,23). The molecule has 25 heavy (non-hydrogen) atoms. The van der Waals surface area contributed by atoms with E-state index >= 15 is 0 Å². The number of nitrogens with two attached hydrogens (primary N) is 1. The van der Waals surface area contributed by atoms with Crippen molar-refractivity contribution in [1.29, 1.82) is 0 Å². The number of nitrogens with one attached hydrogen (secondary N) is 1. The Balaban J connectivity index is 1.86. The van der Waals surface area contributed by atoms with Crippen LogP contribution < -0.4 is 11.1 Å². The number of anilines is 1. The number of hydrogen-bond acceptors (Lipinski definition) is 4. The van der Waals surface area contributed by atoms with Crippen molar-refractivity contribution in [3.8, 4) is 0 Å². The Morgan fingerprint density at radius 1 is 1.20 bits per heavy atom. The quantitative estimate of drug-likeness (QED) is 0.640. The molecule has 2 unspecified atom stereocenters. The van der Waals surface area contributed by atoms with E-state index in [0.717, 1.165) is 24.8 Å². The second-order valence-electron chi connectivity index (χ2n) is 6.19. The molecule has 7 heteroatoms. The summed E-state index contributed by atoms with van der Waals surface area (Å²) in [5, 5.41) is 14.2. The first-order valence-electron chi connectivity index (χ1n) is 8.06. The van der Waals surface area contributed by atoms with Crippen LogP contribution in [0, 0.1) is 15.9 Å². The zero-order valence-electron chi connectivity index (χ0n) is 13.4. The van der Waals surface area contributed by atoms with Crippen LogP contribution >= 0.6 is 0 Å². The highest BCUT2D eigenvalue weighted by molar-refractivity contribution is 5.99. The van der Waals surface area contributed by atoms with Crippen LogP contribution in [0.1, 0.15) is 41.1 Å². The van der Waals surface area contributed by atoms with Crippen LogP contribution in [0.15, 0.2) is 42.5 Å². The first-order chi connectivity index (χ1) is 12.0. The maximum Gasteiger partial charge on any atom is 0.270 e. The van der Waals surface area contributed by atoms with Gasteiger partial charge in [0.25, 0.3) is 11.6 Å². The highest BCUT2D eigenvalue weighted by atomic mass is 19.1. The third-order valence-corrected chi connectivity index (χ3v) is 4.63. The van der Waals surface area contributed by atoms with E-state index in [1.54, 1.807) is 12.1 Å². The molecule has 2 aromatic carbocycles. The lowest BCUT2D eigenvalue weighted by Crippen LogP contribution is -2.25. The minimum absolute atomic E-state index is 0.0463. The summed E-state index contributed by atoms with van der Waals surface area (Å²) in [5.74, 6) is -0.823. The molecule has 0 radical (unpaired) electrons. The Labute approximate surface area is 144 Å². The highest BCUT2D eigenvalue weighted by Crippen LogP contribution is 2.37. The van der Waals surface area contributed by atoms with Crippen LogP contribution in [-0.4, -0.2) is 16.9 Å². The van der Waals surface area contributed by atoms with Gasteiger partial charge >= 0.3 is 0 Å². The Kier molecular flexibility index (Phi) is 4.65. The fraction of sp³-hybridized carbons (Fsp3) is 0.278. The van der Waals surface area contributed by atoms with Gasteiger partial charge in [0.15, 0.2) is 0 Å². The number of benzene rings is 2. The number of halogens is 1. The van der Waals surface area contributed by atoms with Crippen molar-refractivity contribution in [2.75, 3.05) is 5.32 Å². The number of non-ortho nitro benzene ring substituents is 1. The molecule has 1 saturated carbocycles. The summed E-state index contributed by atoms with van der Waals surface area (Å²) in [6, 6.07) is 10.5. The number of nitro benzene ring substituents is 1. The first kappa shape index (κ1) is 16.9. The van der Waals surface area contributed by atoms with Gasteiger partial charge in [0.2, 0.25) is 0 Å². The van der Waals surface area contributed by atoms with Crippen molar-refractivity contribution in [3.05, 3.63) is 69.5 Å². The predicted molar refractivity (Wildman–Crippen MR) is 92.0 cm³/mol. The fourth-order valence-electron chi connectivity index (χ4n) is 3.42. The predicted octanol–water partition coefficient (Wildman–Crippen LogP) is 3.58. The van der Waals surface area contributed by atoms with Crippen molar-refractivity contribution in [1.82, 2.24) is 0 Å². The molecule has 0 aliphatic heterocycles. The summed E-state index contributed by atoms with van der Waals surface area (Å²) >= 11 is 0.